The standard InChI is InChI=1S/C17H16F3NO/c1-12(14-7-3-2-4-8-14)21-16(22)11-13-6-5-9-15(10-13)17(18,19)20/h2-10,12H,11H2,1H3,(H,21,22)/t12-/m1/s1. The van der Waals surface area contributed by atoms with Gasteiger partial charge in [0.25, 0.3) is 0 Å². The summed E-state index contributed by atoms with van der Waals surface area (Å²) in [4.78, 5) is 12.0. The van der Waals surface area contributed by atoms with Crippen molar-refractivity contribution in [2.75, 3.05) is 0 Å². The van der Waals surface area contributed by atoms with Crippen LogP contribution in [0.5, 0.6) is 0 Å². The fraction of sp³-hybridized carbons (Fsp3) is 0.235. The van der Waals surface area contributed by atoms with Gasteiger partial charge < -0.3 is 5.32 Å². The molecule has 1 N–H and O–H groups in total. The molecule has 0 bridgehead atoms. The monoisotopic (exact) mass is 307 g/mol. The maximum Gasteiger partial charge on any atom is 0.416 e. The minimum absolute atomic E-state index is 0.0822. The van der Waals surface area contributed by atoms with E-state index in [1.165, 1.54) is 12.1 Å². The van der Waals surface area contributed by atoms with Crippen LogP contribution in [-0.4, -0.2) is 5.91 Å². The summed E-state index contributed by atoms with van der Waals surface area (Å²) >= 11 is 0. The molecule has 22 heavy (non-hydrogen) atoms. The number of carbonyl (C=O) groups excluding carboxylic acids is 1. The number of carbonyl (C=O) groups is 1. The lowest BCUT2D eigenvalue weighted by Crippen LogP contribution is -2.28. The van der Waals surface area contributed by atoms with Crippen LogP contribution in [0.25, 0.3) is 0 Å². The second-order valence-corrected chi connectivity index (χ2v) is 5.07. The molecule has 0 aliphatic carbocycles. The zero-order valence-electron chi connectivity index (χ0n) is 12.0. The van der Waals surface area contributed by atoms with Gasteiger partial charge in [0.1, 0.15) is 0 Å². The summed E-state index contributed by atoms with van der Waals surface area (Å²) in [5.74, 6) is -0.310. The van der Waals surface area contributed by atoms with E-state index in [1.54, 1.807) is 0 Å². The van der Waals surface area contributed by atoms with E-state index >= 15 is 0 Å². The molecule has 2 rings (SSSR count). The second kappa shape index (κ2) is 6.64. The molecule has 0 aliphatic heterocycles. The highest BCUT2D eigenvalue weighted by Crippen LogP contribution is 2.29. The van der Waals surface area contributed by atoms with Gasteiger partial charge in [0, 0.05) is 0 Å². The van der Waals surface area contributed by atoms with E-state index in [0.29, 0.717) is 5.56 Å². The van der Waals surface area contributed by atoms with E-state index in [1.807, 2.05) is 37.3 Å². The maximum absolute atomic E-state index is 12.6. The first-order valence-corrected chi connectivity index (χ1v) is 6.86. The second-order valence-electron chi connectivity index (χ2n) is 5.07. The molecule has 0 saturated carbocycles. The third kappa shape index (κ3) is 4.35. The average Bonchev–Trinajstić information content (AvgIpc) is 2.47. The fourth-order valence-electron chi connectivity index (χ4n) is 2.16. The van der Waals surface area contributed by atoms with Gasteiger partial charge in [0.2, 0.25) is 5.91 Å². The van der Waals surface area contributed by atoms with Gasteiger partial charge in [0.05, 0.1) is 18.0 Å². The first-order chi connectivity index (χ1) is 10.4. The van der Waals surface area contributed by atoms with E-state index in [9.17, 15) is 18.0 Å². The Bertz CT molecular complexity index is 638. The van der Waals surface area contributed by atoms with Gasteiger partial charge in [-0.3, -0.25) is 4.79 Å². The van der Waals surface area contributed by atoms with Crippen molar-refractivity contribution < 1.29 is 18.0 Å². The summed E-state index contributed by atoms with van der Waals surface area (Å²) in [5.41, 5.74) is 0.543. The first kappa shape index (κ1) is 16.1. The Kier molecular flexibility index (Phi) is 4.85. The Hall–Kier alpha value is -2.30. The minimum Gasteiger partial charge on any atom is -0.349 e. The van der Waals surface area contributed by atoms with Gasteiger partial charge in [-0.1, -0.05) is 48.5 Å². The molecule has 1 atom stereocenters. The molecule has 0 aliphatic rings. The number of rotatable bonds is 4. The highest BCUT2D eigenvalue weighted by Gasteiger charge is 2.30. The zero-order valence-corrected chi connectivity index (χ0v) is 12.0. The van der Waals surface area contributed by atoms with Crippen molar-refractivity contribution in [3.8, 4) is 0 Å². The van der Waals surface area contributed by atoms with E-state index in [-0.39, 0.29) is 18.4 Å². The van der Waals surface area contributed by atoms with Gasteiger partial charge in [0.15, 0.2) is 0 Å². The first-order valence-electron chi connectivity index (χ1n) is 6.86. The highest BCUT2D eigenvalue weighted by molar-refractivity contribution is 5.79. The quantitative estimate of drug-likeness (QED) is 0.904. The van der Waals surface area contributed by atoms with Crippen LogP contribution < -0.4 is 5.32 Å². The molecule has 1 amide bonds. The van der Waals surface area contributed by atoms with Crippen LogP contribution in [-0.2, 0) is 17.4 Å². The molecular weight excluding hydrogens is 291 g/mol. The lowest BCUT2D eigenvalue weighted by Gasteiger charge is -2.14. The van der Waals surface area contributed by atoms with Crippen molar-refractivity contribution >= 4 is 5.91 Å². The molecule has 0 spiro atoms. The van der Waals surface area contributed by atoms with Crippen LogP contribution >= 0.6 is 0 Å². The third-order valence-corrected chi connectivity index (χ3v) is 3.30. The van der Waals surface area contributed by atoms with Gasteiger partial charge in [-0.25, -0.2) is 0 Å². The normalized spacial score (nSPS) is 12.7. The molecule has 2 nitrogen and oxygen atoms in total. The van der Waals surface area contributed by atoms with Crippen LogP contribution in [0.15, 0.2) is 54.6 Å². The summed E-state index contributed by atoms with van der Waals surface area (Å²) in [6, 6.07) is 14.0. The van der Waals surface area contributed by atoms with E-state index in [2.05, 4.69) is 5.32 Å². The summed E-state index contributed by atoms with van der Waals surface area (Å²) in [6.45, 7) is 1.83. The van der Waals surface area contributed by atoms with Gasteiger partial charge in [-0.2, -0.15) is 13.2 Å². The van der Waals surface area contributed by atoms with Crippen molar-refractivity contribution in [2.45, 2.75) is 25.6 Å². The lowest BCUT2D eigenvalue weighted by molar-refractivity contribution is -0.137. The lowest BCUT2D eigenvalue weighted by atomic mass is 10.1. The highest BCUT2D eigenvalue weighted by atomic mass is 19.4. The van der Waals surface area contributed by atoms with Crippen LogP contribution in [0.4, 0.5) is 13.2 Å². The average molecular weight is 307 g/mol. The van der Waals surface area contributed by atoms with E-state index < -0.39 is 11.7 Å². The number of amides is 1. The summed E-state index contributed by atoms with van der Waals surface area (Å²) in [6.07, 6.45) is -4.48. The number of hydrogen-bond acceptors (Lipinski definition) is 1. The van der Waals surface area contributed by atoms with Gasteiger partial charge >= 0.3 is 6.18 Å². The number of nitrogens with one attached hydrogen (secondary N) is 1. The molecule has 0 saturated heterocycles. The summed E-state index contributed by atoms with van der Waals surface area (Å²) in [5, 5.41) is 2.78. The SMILES string of the molecule is C[C@@H](NC(=O)Cc1cccc(C(F)(F)F)c1)c1ccccc1. The van der Waals surface area contributed by atoms with E-state index in [0.717, 1.165) is 17.7 Å². The largest absolute Gasteiger partial charge is 0.416 e. The minimum atomic E-state index is -4.40. The van der Waals surface area contributed by atoms with Crippen LogP contribution in [0.2, 0.25) is 0 Å². The summed E-state index contributed by atoms with van der Waals surface area (Å²) < 4.78 is 37.9. The van der Waals surface area contributed by atoms with E-state index in [4.69, 9.17) is 0 Å². The molecule has 0 fully saturated rings. The summed E-state index contributed by atoms with van der Waals surface area (Å²) in [7, 11) is 0. The molecule has 5 heteroatoms. The molecule has 0 radical (unpaired) electrons. The predicted octanol–water partition coefficient (Wildman–Crippen LogP) is 4.13. The molecule has 116 valence electrons. The Balaban J connectivity index is 2.01. The third-order valence-electron chi connectivity index (χ3n) is 3.30. The Morgan fingerprint density at radius 1 is 1.09 bits per heavy atom. The molecule has 2 aromatic carbocycles. The van der Waals surface area contributed by atoms with Crippen LogP contribution in [0, 0.1) is 0 Å². The van der Waals surface area contributed by atoms with Crippen LogP contribution in [0.3, 0.4) is 0 Å². The number of halogens is 3. The Labute approximate surface area is 127 Å². The fourth-order valence-corrected chi connectivity index (χ4v) is 2.16. The van der Waals surface area contributed by atoms with Crippen molar-refractivity contribution in [2.24, 2.45) is 0 Å². The van der Waals surface area contributed by atoms with Crippen molar-refractivity contribution in [1.29, 1.82) is 0 Å². The topological polar surface area (TPSA) is 29.1 Å². The van der Waals surface area contributed by atoms with Gasteiger partial charge in [-0.05, 0) is 24.1 Å². The molecule has 0 unspecified atom stereocenters. The van der Waals surface area contributed by atoms with Crippen molar-refractivity contribution in [3.63, 3.8) is 0 Å². The Morgan fingerprint density at radius 3 is 2.41 bits per heavy atom. The number of hydrogen-bond donors (Lipinski definition) is 1. The number of benzene rings is 2. The zero-order chi connectivity index (χ0) is 16.2. The molecule has 2 aromatic rings. The maximum atomic E-state index is 12.6. The smallest absolute Gasteiger partial charge is 0.349 e. The Morgan fingerprint density at radius 2 is 1.77 bits per heavy atom. The predicted molar refractivity (Wildman–Crippen MR) is 78.1 cm³/mol. The van der Waals surface area contributed by atoms with Crippen molar-refractivity contribution in [1.82, 2.24) is 5.32 Å². The molecule has 0 heterocycles. The van der Waals surface area contributed by atoms with Crippen LogP contribution in [0.1, 0.15) is 29.7 Å². The molecular formula is C17H16F3NO. The number of alkyl halides is 3. The van der Waals surface area contributed by atoms with Crippen molar-refractivity contribution in [3.05, 3.63) is 71.3 Å². The molecule has 0 aromatic heterocycles. The van der Waals surface area contributed by atoms with Gasteiger partial charge in [-0.15, -0.1) is 0 Å².